The smallest absolute Gasteiger partial charge is 0.161 e. The molecule has 0 spiro atoms. The van der Waals surface area contributed by atoms with Gasteiger partial charge in [-0.25, -0.2) is 0 Å². The first-order valence-corrected chi connectivity index (χ1v) is 6.69. The summed E-state index contributed by atoms with van der Waals surface area (Å²) in [5, 5.41) is 13.8. The van der Waals surface area contributed by atoms with Gasteiger partial charge in [0.15, 0.2) is 11.5 Å². The van der Waals surface area contributed by atoms with Gasteiger partial charge in [0.2, 0.25) is 0 Å². The van der Waals surface area contributed by atoms with E-state index in [-0.39, 0.29) is 0 Å². The predicted molar refractivity (Wildman–Crippen MR) is 78.5 cm³/mol. The fourth-order valence-electron chi connectivity index (χ4n) is 1.95. The highest BCUT2D eigenvalue weighted by molar-refractivity contribution is 5.44. The molecule has 1 rings (SSSR count). The van der Waals surface area contributed by atoms with Crippen LogP contribution in [0, 0.1) is 0 Å². The Kier molecular flexibility index (Phi) is 6.78. The number of methoxy groups -OCH3 is 3. The van der Waals surface area contributed by atoms with Gasteiger partial charge in [0.1, 0.15) is 0 Å². The number of hydrogen-bond donors (Lipinski definition) is 2. The number of nitrogens with one attached hydrogen (secondary N) is 1. The summed E-state index contributed by atoms with van der Waals surface area (Å²) in [6.45, 7) is 3.95. The van der Waals surface area contributed by atoms with Crippen LogP contribution in [0.1, 0.15) is 18.9 Å². The van der Waals surface area contributed by atoms with Crippen LogP contribution in [0.25, 0.3) is 0 Å². The topological polar surface area (TPSA) is 60.0 Å². The van der Waals surface area contributed by atoms with Crippen molar-refractivity contribution in [3.05, 3.63) is 23.8 Å². The van der Waals surface area contributed by atoms with Crippen LogP contribution in [-0.4, -0.2) is 46.1 Å². The number of aliphatic hydroxyl groups is 1. The molecule has 0 saturated carbocycles. The molecule has 0 bridgehead atoms. The summed E-state index contributed by atoms with van der Waals surface area (Å²) in [4.78, 5) is 0. The van der Waals surface area contributed by atoms with Crippen molar-refractivity contribution in [2.75, 3.05) is 41.0 Å². The van der Waals surface area contributed by atoms with Crippen LogP contribution in [0.4, 0.5) is 0 Å². The molecule has 1 aromatic rings. The molecule has 0 aromatic heterocycles. The van der Waals surface area contributed by atoms with Crippen molar-refractivity contribution in [2.45, 2.75) is 18.9 Å². The third-order valence-electron chi connectivity index (χ3n) is 3.28. The van der Waals surface area contributed by atoms with E-state index in [1.165, 1.54) is 0 Å². The van der Waals surface area contributed by atoms with Crippen LogP contribution < -0.4 is 14.8 Å². The average Bonchev–Trinajstić information content (AvgIpc) is 2.46. The molecule has 0 aliphatic carbocycles. The highest BCUT2D eigenvalue weighted by Crippen LogP contribution is 2.33. The molecule has 2 N–H and O–H groups in total. The summed E-state index contributed by atoms with van der Waals surface area (Å²) in [5.74, 6) is 1.28. The Hall–Kier alpha value is -1.30. The van der Waals surface area contributed by atoms with Gasteiger partial charge in [-0.05, 0) is 37.6 Å². The van der Waals surface area contributed by atoms with E-state index in [4.69, 9.17) is 14.2 Å². The zero-order chi connectivity index (χ0) is 15.0. The minimum atomic E-state index is -0.917. The molecule has 1 atom stereocenters. The minimum Gasteiger partial charge on any atom is -0.493 e. The van der Waals surface area contributed by atoms with E-state index in [1.54, 1.807) is 34.3 Å². The van der Waals surface area contributed by atoms with E-state index in [0.29, 0.717) is 31.1 Å². The Labute approximate surface area is 120 Å². The van der Waals surface area contributed by atoms with Crippen LogP contribution >= 0.6 is 0 Å². The van der Waals surface area contributed by atoms with Gasteiger partial charge in [-0.1, -0.05) is 6.07 Å². The second-order valence-corrected chi connectivity index (χ2v) is 4.84. The van der Waals surface area contributed by atoms with Crippen molar-refractivity contribution in [1.82, 2.24) is 5.32 Å². The summed E-state index contributed by atoms with van der Waals surface area (Å²) < 4.78 is 15.4. The fraction of sp³-hybridized carbons (Fsp3) is 0.600. The lowest BCUT2D eigenvalue weighted by Crippen LogP contribution is -2.29. The summed E-state index contributed by atoms with van der Waals surface area (Å²) in [5.41, 5.74) is -0.108. The summed E-state index contributed by atoms with van der Waals surface area (Å²) in [7, 11) is 4.85. The number of hydrogen-bond acceptors (Lipinski definition) is 5. The van der Waals surface area contributed by atoms with E-state index in [0.717, 1.165) is 12.1 Å². The van der Waals surface area contributed by atoms with E-state index in [2.05, 4.69) is 5.32 Å². The third kappa shape index (κ3) is 4.67. The van der Waals surface area contributed by atoms with Crippen LogP contribution in [0.15, 0.2) is 18.2 Å². The molecule has 0 aliphatic heterocycles. The largest absolute Gasteiger partial charge is 0.493 e. The Morgan fingerprint density at radius 1 is 1.10 bits per heavy atom. The molecule has 1 aromatic carbocycles. The molecule has 0 fully saturated rings. The summed E-state index contributed by atoms with van der Waals surface area (Å²) >= 11 is 0. The molecule has 20 heavy (non-hydrogen) atoms. The van der Waals surface area contributed by atoms with Gasteiger partial charge in [-0.2, -0.15) is 0 Å². The molecule has 5 nitrogen and oxygen atoms in total. The van der Waals surface area contributed by atoms with Crippen molar-refractivity contribution in [3.63, 3.8) is 0 Å². The number of benzene rings is 1. The molecule has 5 heteroatoms. The van der Waals surface area contributed by atoms with Crippen LogP contribution in [0.2, 0.25) is 0 Å². The molecule has 0 radical (unpaired) electrons. The fourth-order valence-corrected chi connectivity index (χ4v) is 1.95. The van der Waals surface area contributed by atoms with E-state index >= 15 is 0 Å². The standard InChI is InChI=1S/C15H25NO4/c1-15(17,7-8-16-9-10-18-2)12-5-6-13(19-3)14(11-12)20-4/h5-6,11,16-17H,7-10H2,1-4H3. The maximum Gasteiger partial charge on any atom is 0.161 e. The number of ether oxygens (including phenoxy) is 3. The molecule has 0 heterocycles. The first-order valence-electron chi connectivity index (χ1n) is 6.69. The first kappa shape index (κ1) is 16.8. The maximum absolute atomic E-state index is 10.6. The van der Waals surface area contributed by atoms with E-state index < -0.39 is 5.60 Å². The molecule has 1 unspecified atom stereocenters. The second-order valence-electron chi connectivity index (χ2n) is 4.84. The van der Waals surface area contributed by atoms with Crippen molar-refractivity contribution in [1.29, 1.82) is 0 Å². The quantitative estimate of drug-likeness (QED) is 0.673. The zero-order valence-electron chi connectivity index (χ0n) is 12.7. The van der Waals surface area contributed by atoms with E-state index in [1.807, 2.05) is 12.1 Å². The molecule has 0 amide bonds. The maximum atomic E-state index is 10.6. The first-order chi connectivity index (χ1) is 9.55. The van der Waals surface area contributed by atoms with Gasteiger partial charge in [-0.15, -0.1) is 0 Å². The van der Waals surface area contributed by atoms with Gasteiger partial charge in [0.25, 0.3) is 0 Å². The van der Waals surface area contributed by atoms with E-state index in [9.17, 15) is 5.11 Å². The SMILES string of the molecule is COCCNCCC(C)(O)c1ccc(OC)c(OC)c1. The molecule has 114 valence electrons. The average molecular weight is 283 g/mol. The predicted octanol–water partition coefficient (Wildman–Crippen LogP) is 1.54. The Morgan fingerprint density at radius 3 is 2.40 bits per heavy atom. The van der Waals surface area contributed by atoms with Crippen LogP contribution in [0.5, 0.6) is 11.5 Å². The lowest BCUT2D eigenvalue weighted by atomic mass is 9.92. The lowest BCUT2D eigenvalue weighted by Gasteiger charge is -2.25. The molecule has 0 saturated heterocycles. The van der Waals surface area contributed by atoms with Gasteiger partial charge >= 0.3 is 0 Å². The minimum absolute atomic E-state index is 0.603. The molecular formula is C15H25NO4. The second kappa shape index (κ2) is 8.09. The van der Waals surface area contributed by atoms with Crippen molar-refractivity contribution in [2.24, 2.45) is 0 Å². The molecular weight excluding hydrogens is 258 g/mol. The Bertz CT molecular complexity index is 407. The summed E-state index contributed by atoms with van der Waals surface area (Å²) in [6.07, 6.45) is 0.603. The zero-order valence-corrected chi connectivity index (χ0v) is 12.7. The Balaban J connectivity index is 2.66. The molecule has 0 aliphatic rings. The van der Waals surface area contributed by atoms with Gasteiger partial charge in [0.05, 0.1) is 26.4 Å². The Morgan fingerprint density at radius 2 is 1.80 bits per heavy atom. The monoisotopic (exact) mass is 283 g/mol. The van der Waals surface area contributed by atoms with Crippen LogP contribution in [-0.2, 0) is 10.3 Å². The summed E-state index contributed by atoms with van der Waals surface area (Å²) in [6, 6.07) is 5.48. The van der Waals surface area contributed by atoms with Gasteiger partial charge in [-0.3, -0.25) is 0 Å². The van der Waals surface area contributed by atoms with Gasteiger partial charge in [0, 0.05) is 13.7 Å². The van der Waals surface area contributed by atoms with Crippen LogP contribution in [0.3, 0.4) is 0 Å². The highest BCUT2D eigenvalue weighted by atomic mass is 16.5. The van der Waals surface area contributed by atoms with Crippen molar-refractivity contribution < 1.29 is 19.3 Å². The third-order valence-corrected chi connectivity index (χ3v) is 3.28. The lowest BCUT2D eigenvalue weighted by molar-refractivity contribution is 0.0472. The normalized spacial score (nSPS) is 13.8. The van der Waals surface area contributed by atoms with Crippen molar-refractivity contribution >= 4 is 0 Å². The van der Waals surface area contributed by atoms with Gasteiger partial charge < -0.3 is 24.6 Å². The highest BCUT2D eigenvalue weighted by Gasteiger charge is 2.23. The van der Waals surface area contributed by atoms with Crippen molar-refractivity contribution in [3.8, 4) is 11.5 Å². The number of rotatable bonds is 9.